The molecule has 1 aromatic heterocycles. The maximum atomic E-state index is 5.32. The predicted molar refractivity (Wildman–Crippen MR) is 46.6 cm³/mol. The van der Waals surface area contributed by atoms with Crippen molar-refractivity contribution < 1.29 is 4.42 Å². The molecule has 0 saturated carbocycles. The predicted octanol–water partition coefficient (Wildman–Crippen LogP) is 3.43. The van der Waals surface area contributed by atoms with Crippen LogP contribution in [0.25, 0.3) is 0 Å². The van der Waals surface area contributed by atoms with Gasteiger partial charge in [0.2, 0.25) is 0 Å². The van der Waals surface area contributed by atoms with Crippen LogP contribution in [0.2, 0.25) is 0 Å². The SMILES string of the molecule is CCC(C)C(C)c1ccco1. The Morgan fingerprint density at radius 1 is 1.45 bits per heavy atom. The van der Waals surface area contributed by atoms with E-state index in [2.05, 4.69) is 26.8 Å². The van der Waals surface area contributed by atoms with Crippen LogP contribution in [0, 0.1) is 5.92 Å². The van der Waals surface area contributed by atoms with E-state index in [4.69, 9.17) is 4.42 Å². The lowest BCUT2D eigenvalue weighted by Crippen LogP contribution is -2.03. The topological polar surface area (TPSA) is 13.1 Å². The number of hydrogen-bond acceptors (Lipinski definition) is 1. The third-order valence-corrected chi connectivity index (χ3v) is 2.49. The molecule has 1 nitrogen and oxygen atoms in total. The summed E-state index contributed by atoms with van der Waals surface area (Å²) in [5, 5.41) is 0. The summed E-state index contributed by atoms with van der Waals surface area (Å²) < 4.78 is 5.32. The zero-order valence-electron chi connectivity index (χ0n) is 7.50. The summed E-state index contributed by atoms with van der Waals surface area (Å²) in [6, 6.07) is 4.00. The first kappa shape index (κ1) is 8.38. The van der Waals surface area contributed by atoms with E-state index in [0.29, 0.717) is 11.8 Å². The normalized spacial score (nSPS) is 16.3. The average molecular weight is 152 g/mol. The maximum Gasteiger partial charge on any atom is 0.106 e. The van der Waals surface area contributed by atoms with Gasteiger partial charge in [0, 0.05) is 5.92 Å². The van der Waals surface area contributed by atoms with Gasteiger partial charge in [0.25, 0.3) is 0 Å². The van der Waals surface area contributed by atoms with Crippen LogP contribution < -0.4 is 0 Å². The average Bonchev–Trinajstić information content (AvgIpc) is 2.53. The molecule has 11 heavy (non-hydrogen) atoms. The largest absolute Gasteiger partial charge is 0.469 e. The Morgan fingerprint density at radius 2 is 2.18 bits per heavy atom. The third-order valence-electron chi connectivity index (χ3n) is 2.49. The van der Waals surface area contributed by atoms with Crippen molar-refractivity contribution in [2.24, 2.45) is 5.92 Å². The quantitative estimate of drug-likeness (QED) is 0.646. The molecule has 0 aliphatic carbocycles. The van der Waals surface area contributed by atoms with E-state index in [0.717, 1.165) is 5.76 Å². The highest BCUT2D eigenvalue weighted by Crippen LogP contribution is 2.25. The first-order chi connectivity index (χ1) is 5.25. The summed E-state index contributed by atoms with van der Waals surface area (Å²) in [6.07, 6.45) is 2.95. The Balaban J connectivity index is 2.62. The molecule has 0 saturated heterocycles. The van der Waals surface area contributed by atoms with Crippen molar-refractivity contribution in [3.8, 4) is 0 Å². The molecule has 62 valence electrons. The van der Waals surface area contributed by atoms with E-state index in [1.165, 1.54) is 6.42 Å². The minimum atomic E-state index is 0.551. The standard InChI is InChI=1S/C10H16O/c1-4-8(2)9(3)10-6-5-7-11-10/h5-9H,4H2,1-3H3. The molecule has 0 aliphatic rings. The van der Waals surface area contributed by atoms with Gasteiger partial charge in [-0.3, -0.25) is 0 Å². The van der Waals surface area contributed by atoms with Crippen LogP contribution in [0.3, 0.4) is 0 Å². The Bertz CT molecular complexity index is 189. The van der Waals surface area contributed by atoms with Gasteiger partial charge in [0.05, 0.1) is 6.26 Å². The van der Waals surface area contributed by atoms with E-state index < -0.39 is 0 Å². The highest BCUT2D eigenvalue weighted by molar-refractivity contribution is 5.04. The summed E-state index contributed by atoms with van der Waals surface area (Å²) in [5.74, 6) is 2.37. The van der Waals surface area contributed by atoms with Crippen LogP contribution >= 0.6 is 0 Å². The number of hydrogen-bond donors (Lipinski definition) is 0. The second-order valence-electron chi connectivity index (χ2n) is 3.19. The molecule has 2 atom stereocenters. The van der Waals surface area contributed by atoms with Gasteiger partial charge < -0.3 is 4.42 Å². The number of rotatable bonds is 3. The highest BCUT2D eigenvalue weighted by Gasteiger charge is 2.14. The fourth-order valence-electron chi connectivity index (χ4n) is 1.18. The zero-order chi connectivity index (χ0) is 8.27. The third kappa shape index (κ3) is 1.86. The van der Waals surface area contributed by atoms with Gasteiger partial charge in [0.15, 0.2) is 0 Å². The van der Waals surface area contributed by atoms with Gasteiger partial charge >= 0.3 is 0 Å². The molecular weight excluding hydrogens is 136 g/mol. The van der Waals surface area contributed by atoms with Gasteiger partial charge in [-0.1, -0.05) is 27.2 Å². The summed E-state index contributed by atoms with van der Waals surface area (Å²) >= 11 is 0. The Morgan fingerprint density at radius 3 is 2.64 bits per heavy atom. The highest BCUT2D eigenvalue weighted by atomic mass is 16.3. The summed E-state index contributed by atoms with van der Waals surface area (Å²) in [6.45, 7) is 6.68. The molecular formula is C10H16O. The zero-order valence-corrected chi connectivity index (χ0v) is 7.50. The van der Waals surface area contributed by atoms with Crippen molar-refractivity contribution in [3.05, 3.63) is 24.2 Å². The van der Waals surface area contributed by atoms with Crippen LogP contribution in [0.5, 0.6) is 0 Å². The molecule has 0 fully saturated rings. The molecule has 1 heteroatoms. The van der Waals surface area contributed by atoms with E-state index in [-0.39, 0.29) is 0 Å². The monoisotopic (exact) mass is 152 g/mol. The summed E-state index contributed by atoms with van der Waals surface area (Å²) in [5.41, 5.74) is 0. The second kappa shape index (κ2) is 3.61. The lowest BCUT2D eigenvalue weighted by atomic mass is 9.92. The fraction of sp³-hybridized carbons (Fsp3) is 0.600. The molecule has 0 bridgehead atoms. The van der Waals surface area contributed by atoms with Crippen LogP contribution in [-0.4, -0.2) is 0 Å². The minimum Gasteiger partial charge on any atom is -0.469 e. The van der Waals surface area contributed by atoms with Crippen molar-refractivity contribution in [1.29, 1.82) is 0 Å². The van der Waals surface area contributed by atoms with Crippen molar-refractivity contribution >= 4 is 0 Å². The van der Waals surface area contributed by atoms with Gasteiger partial charge in [0.1, 0.15) is 5.76 Å². The van der Waals surface area contributed by atoms with Gasteiger partial charge in [-0.25, -0.2) is 0 Å². The molecule has 0 aliphatic heterocycles. The Labute approximate surface area is 68.4 Å². The first-order valence-corrected chi connectivity index (χ1v) is 4.29. The smallest absolute Gasteiger partial charge is 0.106 e. The molecule has 1 heterocycles. The summed E-state index contributed by atoms with van der Waals surface area (Å²) in [4.78, 5) is 0. The molecule has 2 unspecified atom stereocenters. The molecule has 0 spiro atoms. The van der Waals surface area contributed by atoms with E-state index in [1.807, 2.05) is 6.07 Å². The minimum absolute atomic E-state index is 0.551. The van der Waals surface area contributed by atoms with Crippen molar-refractivity contribution in [2.75, 3.05) is 0 Å². The lowest BCUT2D eigenvalue weighted by molar-refractivity contribution is 0.388. The van der Waals surface area contributed by atoms with E-state index >= 15 is 0 Å². The molecule has 0 amide bonds. The molecule has 0 aromatic carbocycles. The first-order valence-electron chi connectivity index (χ1n) is 4.29. The fourth-order valence-corrected chi connectivity index (χ4v) is 1.18. The van der Waals surface area contributed by atoms with Crippen molar-refractivity contribution in [2.45, 2.75) is 33.1 Å². The van der Waals surface area contributed by atoms with Gasteiger partial charge in [-0.2, -0.15) is 0 Å². The van der Waals surface area contributed by atoms with Gasteiger partial charge in [-0.05, 0) is 18.1 Å². The molecule has 0 N–H and O–H groups in total. The van der Waals surface area contributed by atoms with E-state index in [1.54, 1.807) is 6.26 Å². The lowest BCUT2D eigenvalue weighted by Gasteiger charge is -2.14. The number of furan rings is 1. The van der Waals surface area contributed by atoms with Crippen LogP contribution in [0.15, 0.2) is 22.8 Å². The Hall–Kier alpha value is -0.720. The molecule has 0 radical (unpaired) electrons. The Kier molecular flexibility index (Phi) is 2.75. The molecule has 1 rings (SSSR count). The van der Waals surface area contributed by atoms with Crippen LogP contribution in [-0.2, 0) is 0 Å². The van der Waals surface area contributed by atoms with Crippen LogP contribution in [0.4, 0.5) is 0 Å². The van der Waals surface area contributed by atoms with Crippen molar-refractivity contribution in [1.82, 2.24) is 0 Å². The molecule has 1 aromatic rings. The second-order valence-corrected chi connectivity index (χ2v) is 3.19. The van der Waals surface area contributed by atoms with Crippen LogP contribution in [0.1, 0.15) is 38.9 Å². The summed E-state index contributed by atoms with van der Waals surface area (Å²) in [7, 11) is 0. The van der Waals surface area contributed by atoms with Gasteiger partial charge in [-0.15, -0.1) is 0 Å². The van der Waals surface area contributed by atoms with E-state index in [9.17, 15) is 0 Å². The van der Waals surface area contributed by atoms with Crippen molar-refractivity contribution in [3.63, 3.8) is 0 Å². The maximum absolute atomic E-state index is 5.32.